The van der Waals surface area contributed by atoms with Crippen LogP contribution in [0.15, 0.2) is 17.8 Å². The molecule has 0 aliphatic carbocycles. The number of aromatic nitrogens is 2. The van der Waals surface area contributed by atoms with Gasteiger partial charge in [0.25, 0.3) is 0 Å². The Balaban J connectivity index is 1.94. The lowest BCUT2D eigenvalue weighted by atomic mass is 10.3. The SMILES string of the molecule is C[C@@H](O)CNC(=O)Cc1cn2ccsc2n1. The first-order chi connectivity index (χ1) is 7.65. The molecule has 0 saturated heterocycles. The number of imidazole rings is 1. The third-order valence-corrected chi connectivity index (χ3v) is 2.85. The quantitative estimate of drug-likeness (QED) is 0.813. The highest BCUT2D eigenvalue weighted by atomic mass is 32.1. The highest BCUT2D eigenvalue weighted by molar-refractivity contribution is 7.15. The van der Waals surface area contributed by atoms with Crippen molar-refractivity contribution in [1.29, 1.82) is 0 Å². The lowest BCUT2D eigenvalue weighted by molar-refractivity contribution is -0.120. The number of nitrogens with one attached hydrogen (secondary N) is 1. The monoisotopic (exact) mass is 239 g/mol. The second kappa shape index (κ2) is 4.63. The van der Waals surface area contributed by atoms with E-state index in [1.165, 1.54) is 11.3 Å². The Morgan fingerprint density at radius 3 is 3.25 bits per heavy atom. The molecule has 5 nitrogen and oxygen atoms in total. The van der Waals surface area contributed by atoms with E-state index in [4.69, 9.17) is 5.11 Å². The smallest absolute Gasteiger partial charge is 0.226 e. The molecule has 2 N–H and O–H groups in total. The maximum Gasteiger partial charge on any atom is 0.226 e. The molecule has 16 heavy (non-hydrogen) atoms. The van der Waals surface area contributed by atoms with Gasteiger partial charge in [-0.15, -0.1) is 11.3 Å². The van der Waals surface area contributed by atoms with Gasteiger partial charge in [0.05, 0.1) is 18.2 Å². The Kier molecular flexibility index (Phi) is 3.21. The molecule has 0 aliphatic rings. The Bertz CT molecular complexity index is 460. The van der Waals surface area contributed by atoms with Gasteiger partial charge in [-0.25, -0.2) is 4.98 Å². The van der Waals surface area contributed by atoms with Crippen LogP contribution in [0.3, 0.4) is 0 Å². The summed E-state index contributed by atoms with van der Waals surface area (Å²) in [6, 6.07) is 0. The van der Waals surface area contributed by atoms with Crippen LogP contribution in [0.1, 0.15) is 12.6 Å². The molecule has 0 fully saturated rings. The lowest BCUT2D eigenvalue weighted by Crippen LogP contribution is -2.31. The molecule has 0 spiro atoms. The van der Waals surface area contributed by atoms with Crippen LogP contribution >= 0.6 is 11.3 Å². The highest BCUT2D eigenvalue weighted by Gasteiger charge is 2.08. The second-order valence-electron chi connectivity index (χ2n) is 3.65. The van der Waals surface area contributed by atoms with Crippen molar-refractivity contribution in [2.75, 3.05) is 6.54 Å². The fourth-order valence-corrected chi connectivity index (χ4v) is 2.07. The molecule has 2 heterocycles. The first kappa shape index (κ1) is 11.1. The Morgan fingerprint density at radius 2 is 2.56 bits per heavy atom. The minimum absolute atomic E-state index is 0.119. The molecule has 0 saturated carbocycles. The van der Waals surface area contributed by atoms with Crippen LogP contribution in [0.2, 0.25) is 0 Å². The molecular weight excluding hydrogens is 226 g/mol. The van der Waals surface area contributed by atoms with E-state index in [-0.39, 0.29) is 18.9 Å². The van der Waals surface area contributed by atoms with Gasteiger partial charge in [-0.1, -0.05) is 0 Å². The van der Waals surface area contributed by atoms with Crippen molar-refractivity contribution in [2.45, 2.75) is 19.4 Å². The molecule has 6 heteroatoms. The zero-order valence-electron chi connectivity index (χ0n) is 8.88. The van der Waals surface area contributed by atoms with Crippen molar-refractivity contribution < 1.29 is 9.90 Å². The summed E-state index contributed by atoms with van der Waals surface area (Å²) in [4.78, 5) is 16.6. The minimum atomic E-state index is -0.519. The molecule has 0 bridgehead atoms. The maximum atomic E-state index is 11.4. The molecule has 0 aliphatic heterocycles. The molecule has 2 aromatic heterocycles. The molecule has 0 aromatic carbocycles. The third-order valence-electron chi connectivity index (χ3n) is 2.08. The molecule has 2 aromatic rings. The van der Waals surface area contributed by atoms with Crippen molar-refractivity contribution >= 4 is 22.2 Å². The third kappa shape index (κ3) is 2.59. The van der Waals surface area contributed by atoms with Gasteiger partial charge in [0.1, 0.15) is 0 Å². The zero-order valence-corrected chi connectivity index (χ0v) is 9.70. The normalized spacial score (nSPS) is 12.9. The number of carbonyl (C=O) groups is 1. The summed E-state index contributed by atoms with van der Waals surface area (Å²) in [6.45, 7) is 1.91. The topological polar surface area (TPSA) is 66.6 Å². The summed E-state index contributed by atoms with van der Waals surface area (Å²) in [6.07, 6.45) is 3.48. The van der Waals surface area contributed by atoms with Crippen molar-refractivity contribution in [3.63, 3.8) is 0 Å². The maximum absolute atomic E-state index is 11.4. The van der Waals surface area contributed by atoms with Crippen molar-refractivity contribution in [3.8, 4) is 0 Å². The van der Waals surface area contributed by atoms with Crippen molar-refractivity contribution in [1.82, 2.24) is 14.7 Å². The number of hydrogen-bond acceptors (Lipinski definition) is 4. The summed E-state index contributed by atoms with van der Waals surface area (Å²) in [5, 5.41) is 13.6. The Labute approximate surface area is 96.7 Å². The predicted molar refractivity (Wildman–Crippen MR) is 61.5 cm³/mol. The number of aliphatic hydroxyl groups is 1. The van der Waals surface area contributed by atoms with Crippen LogP contribution in [-0.4, -0.2) is 33.0 Å². The summed E-state index contributed by atoms with van der Waals surface area (Å²) >= 11 is 1.53. The van der Waals surface area contributed by atoms with Gasteiger partial charge in [-0.2, -0.15) is 0 Å². The average Bonchev–Trinajstić information content (AvgIpc) is 2.74. The van der Waals surface area contributed by atoms with Crippen LogP contribution in [-0.2, 0) is 11.2 Å². The fourth-order valence-electron chi connectivity index (χ4n) is 1.35. The molecular formula is C10H13N3O2S. The highest BCUT2D eigenvalue weighted by Crippen LogP contribution is 2.11. The number of amides is 1. The standard InChI is InChI=1S/C10H13N3O2S/c1-7(14)5-11-9(15)4-8-6-13-2-3-16-10(13)12-8/h2-3,6-7,14H,4-5H2,1H3,(H,11,15)/t7-/m1/s1. The van der Waals surface area contributed by atoms with E-state index in [9.17, 15) is 4.79 Å². The fraction of sp³-hybridized carbons (Fsp3) is 0.400. The van der Waals surface area contributed by atoms with E-state index >= 15 is 0 Å². The molecule has 1 amide bonds. The summed E-state index contributed by atoms with van der Waals surface area (Å²) in [5.74, 6) is -0.119. The molecule has 0 unspecified atom stereocenters. The van der Waals surface area contributed by atoms with E-state index in [2.05, 4.69) is 10.3 Å². The first-order valence-electron chi connectivity index (χ1n) is 5.01. The van der Waals surface area contributed by atoms with Gasteiger partial charge in [-0.3, -0.25) is 9.20 Å². The number of fused-ring (bicyclic) bond motifs is 1. The molecule has 2 rings (SSSR count). The number of hydrogen-bond donors (Lipinski definition) is 2. The van der Waals surface area contributed by atoms with E-state index in [1.807, 2.05) is 22.2 Å². The van der Waals surface area contributed by atoms with Gasteiger partial charge in [-0.05, 0) is 6.92 Å². The lowest BCUT2D eigenvalue weighted by Gasteiger charge is -2.05. The summed E-state index contributed by atoms with van der Waals surface area (Å²) < 4.78 is 1.89. The van der Waals surface area contributed by atoms with E-state index < -0.39 is 6.10 Å². The predicted octanol–water partition coefficient (Wildman–Crippen LogP) is 0.435. The summed E-state index contributed by atoms with van der Waals surface area (Å²) in [7, 11) is 0. The minimum Gasteiger partial charge on any atom is -0.392 e. The Morgan fingerprint density at radius 1 is 1.75 bits per heavy atom. The number of aliphatic hydroxyl groups excluding tert-OH is 1. The van der Waals surface area contributed by atoms with E-state index in [0.29, 0.717) is 0 Å². The first-order valence-corrected chi connectivity index (χ1v) is 5.89. The van der Waals surface area contributed by atoms with Gasteiger partial charge < -0.3 is 10.4 Å². The van der Waals surface area contributed by atoms with Crippen molar-refractivity contribution in [2.24, 2.45) is 0 Å². The molecule has 1 atom stereocenters. The van der Waals surface area contributed by atoms with Crippen LogP contribution in [0.25, 0.3) is 4.96 Å². The van der Waals surface area contributed by atoms with E-state index in [1.54, 1.807) is 6.92 Å². The number of nitrogens with zero attached hydrogens (tertiary/aromatic N) is 2. The largest absolute Gasteiger partial charge is 0.392 e. The van der Waals surface area contributed by atoms with Gasteiger partial charge >= 0.3 is 0 Å². The number of thiazole rings is 1. The second-order valence-corrected chi connectivity index (χ2v) is 4.53. The zero-order chi connectivity index (χ0) is 11.5. The number of rotatable bonds is 4. The molecule has 0 radical (unpaired) electrons. The average molecular weight is 239 g/mol. The van der Waals surface area contributed by atoms with Gasteiger partial charge in [0, 0.05) is 24.3 Å². The molecule has 86 valence electrons. The van der Waals surface area contributed by atoms with Crippen LogP contribution in [0, 0.1) is 0 Å². The summed E-state index contributed by atoms with van der Waals surface area (Å²) in [5.41, 5.74) is 0.745. The van der Waals surface area contributed by atoms with Crippen LogP contribution in [0.5, 0.6) is 0 Å². The van der Waals surface area contributed by atoms with Crippen molar-refractivity contribution in [3.05, 3.63) is 23.5 Å². The van der Waals surface area contributed by atoms with Crippen LogP contribution in [0.4, 0.5) is 0 Å². The van der Waals surface area contributed by atoms with Gasteiger partial charge in [0.15, 0.2) is 4.96 Å². The van der Waals surface area contributed by atoms with Gasteiger partial charge in [0.2, 0.25) is 5.91 Å². The Hall–Kier alpha value is -1.40. The van der Waals surface area contributed by atoms with E-state index in [0.717, 1.165) is 10.7 Å². The number of carbonyl (C=O) groups excluding carboxylic acids is 1. The van der Waals surface area contributed by atoms with Crippen LogP contribution < -0.4 is 5.32 Å².